The molecule has 1 amide bonds. The maximum Gasteiger partial charge on any atom is 0.405 e. The van der Waals surface area contributed by atoms with Gasteiger partial charge in [-0.1, -0.05) is 94.8 Å². The number of ketones is 1. The van der Waals surface area contributed by atoms with E-state index in [4.69, 9.17) is 5.73 Å². The van der Waals surface area contributed by atoms with Crippen LogP contribution < -0.4 is 11.1 Å². The van der Waals surface area contributed by atoms with E-state index in [1.54, 1.807) is 22.8 Å². The van der Waals surface area contributed by atoms with Crippen LogP contribution in [0.15, 0.2) is 78.9 Å². The van der Waals surface area contributed by atoms with E-state index in [1.807, 2.05) is 67.6 Å². The van der Waals surface area contributed by atoms with Gasteiger partial charge in [-0.05, 0) is 69.8 Å². The topological polar surface area (TPSA) is 90.0 Å². The van der Waals surface area contributed by atoms with Gasteiger partial charge in [0, 0.05) is 11.1 Å². The maximum absolute atomic E-state index is 15.0. The normalized spacial score (nSPS) is 14.2. The SMILES string of the molecule is CCCCc1c2c(cc(C(=O)c3ccccc3C(C)(C)C)c1-n1c(N)nc3ccccc31)-c1ccccc1C2C(=O)NCC(F)(F)F. The monoisotopic (exact) mass is 638 g/mol. The number of fused-ring (bicyclic) bond motifs is 4. The standard InChI is InChI=1S/C38H37F3N4O2/c1-5-6-13-25-31-26(22-14-7-8-15-23(22)32(31)35(47)43-21-38(39,40)41)20-27(34(46)24-16-9-10-17-28(24)37(2,3)4)33(25)45-30-19-12-11-18-29(30)44-36(45)42/h7-12,14-20,32H,5-6,13,21H2,1-4H3,(H2,42,44)(H,43,47). The number of amides is 1. The van der Waals surface area contributed by atoms with Crippen LogP contribution >= 0.6 is 0 Å². The fraction of sp³-hybridized carbons (Fsp3) is 0.289. The Morgan fingerprint density at radius 3 is 2.32 bits per heavy atom. The second kappa shape index (κ2) is 12.0. The highest BCUT2D eigenvalue weighted by atomic mass is 19.4. The number of carbonyl (C=O) groups excluding carboxylic acids is 2. The summed E-state index contributed by atoms with van der Waals surface area (Å²) in [5, 5.41) is 2.14. The third kappa shape index (κ3) is 5.79. The molecule has 0 saturated carbocycles. The first-order valence-corrected chi connectivity index (χ1v) is 15.8. The molecule has 1 aliphatic carbocycles. The number of nitrogens with one attached hydrogen (secondary N) is 1. The Kier molecular flexibility index (Phi) is 8.20. The third-order valence-electron chi connectivity index (χ3n) is 8.84. The number of carbonyl (C=O) groups is 2. The number of rotatable bonds is 8. The predicted molar refractivity (Wildman–Crippen MR) is 179 cm³/mol. The summed E-state index contributed by atoms with van der Waals surface area (Å²) in [5.41, 5.74) is 13.1. The molecule has 0 aliphatic heterocycles. The Hall–Kier alpha value is -4.92. The van der Waals surface area contributed by atoms with E-state index < -0.39 is 24.5 Å². The molecule has 1 atom stereocenters. The van der Waals surface area contributed by atoms with Crippen LogP contribution in [0.5, 0.6) is 0 Å². The molecule has 1 aliphatic rings. The first-order chi connectivity index (χ1) is 22.3. The molecule has 3 N–H and O–H groups in total. The minimum atomic E-state index is -4.58. The number of para-hydroxylation sites is 2. The van der Waals surface area contributed by atoms with Crippen molar-refractivity contribution in [1.29, 1.82) is 0 Å². The van der Waals surface area contributed by atoms with Crippen LogP contribution in [0.2, 0.25) is 0 Å². The Morgan fingerprint density at radius 2 is 1.60 bits per heavy atom. The van der Waals surface area contributed by atoms with Crippen molar-refractivity contribution in [3.05, 3.63) is 112 Å². The molecule has 1 heterocycles. The summed E-state index contributed by atoms with van der Waals surface area (Å²) in [6.07, 6.45) is -2.61. The average molecular weight is 639 g/mol. The van der Waals surface area contributed by atoms with Crippen molar-refractivity contribution in [3.63, 3.8) is 0 Å². The summed E-state index contributed by atoms with van der Waals surface area (Å²) in [6, 6.07) is 24.0. The summed E-state index contributed by atoms with van der Waals surface area (Å²) in [5.74, 6) is -1.82. The van der Waals surface area contributed by atoms with Crippen molar-refractivity contribution in [1.82, 2.24) is 14.9 Å². The summed E-state index contributed by atoms with van der Waals surface area (Å²) < 4.78 is 41.7. The van der Waals surface area contributed by atoms with Gasteiger partial charge in [-0.2, -0.15) is 13.2 Å². The number of hydrogen-bond acceptors (Lipinski definition) is 4. The zero-order chi connectivity index (χ0) is 33.7. The van der Waals surface area contributed by atoms with Crippen LogP contribution in [-0.4, -0.2) is 34.0 Å². The fourth-order valence-corrected chi connectivity index (χ4v) is 6.80. The quantitative estimate of drug-likeness (QED) is 0.168. The highest BCUT2D eigenvalue weighted by molar-refractivity contribution is 6.14. The molecule has 0 fully saturated rings. The van der Waals surface area contributed by atoms with E-state index >= 15 is 0 Å². The van der Waals surface area contributed by atoms with Crippen LogP contribution in [-0.2, 0) is 16.6 Å². The molecule has 6 nitrogen and oxygen atoms in total. The van der Waals surface area contributed by atoms with E-state index in [1.165, 1.54) is 0 Å². The van der Waals surface area contributed by atoms with Crippen molar-refractivity contribution in [2.45, 2.75) is 64.5 Å². The Bertz CT molecular complexity index is 2020. The summed E-state index contributed by atoms with van der Waals surface area (Å²) in [4.78, 5) is 33.4. The number of imidazole rings is 1. The van der Waals surface area contributed by atoms with Gasteiger partial charge in [0.1, 0.15) is 6.54 Å². The third-order valence-corrected chi connectivity index (χ3v) is 8.84. The number of halogens is 3. The lowest BCUT2D eigenvalue weighted by Gasteiger charge is -2.26. The van der Waals surface area contributed by atoms with E-state index in [-0.39, 0.29) is 17.1 Å². The smallest absolute Gasteiger partial charge is 0.369 e. The van der Waals surface area contributed by atoms with E-state index in [0.717, 1.165) is 12.0 Å². The van der Waals surface area contributed by atoms with Gasteiger partial charge in [0.15, 0.2) is 5.78 Å². The van der Waals surface area contributed by atoms with Gasteiger partial charge in [0.05, 0.1) is 22.6 Å². The number of nitrogens with two attached hydrogens (primary N) is 1. The molecule has 1 aromatic heterocycles. The number of nitrogens with zero attached hydrogens (tertiary/aromatic N) is 2. The molecule has 0 bridgehead atoms. The van der Waals surface area contributed by atoms with E-state index in [9.17, 15) is 22.8 Å². The number of alkyl halides is 3. The number of aromatic nitrogens is 2. The molecule has 242 valence electrons. The molecule has 9 heteroatoms. The molecule has 5 aromatic rings. The molecule has 4 aromatic carbocycles. The van der Waals surface area contributed by atoms with Crippen LogP contribution in [0, 0.1) is 0 Å². The van der Waals surface area contributed by atoms with Crippen LogP contribution in [0.4, 0.5) is 19.1 Å². The number of hydrogen-bond donors (Lipinski definition) is 2. The molecular formula is C38H37F3N4O2. The fourth-order valence-electron chi connectivity index (χ4n) is 6.80. The molecular weight excluding hydrogens is 601 g/mol. The molecule has 1 unspecified atom stereocenters. The highest BCUT2D eigenvalue weighted by Crippen LogP contribution is 2.50. The number of nitrogen functional groups attached to an aromatic ring is 1. The maximum atomic E-state index is 15.0. The van der Waals surface area contributed by atoms with E-state index in [2.05, 4.69) is 31.1 Å². The lowest BCUT2D eigenvalue weighted by atomic mass is 9.80. The van der Waals surface area contributed by atoms with Crippen molar-refractivity contribution in [2.75, 3.05) is 12.3 Å². The molecule has 0 radical (unpaired) electrons. The van der Waals surface area contributed by atoms with Crippen LogP contribution in [0.1, 0.15) is 84.6 Å². The average Bonchev–Trinajstić information content (AvgIpc) is 3.54. The number of anilines is 1. The predicted octanol–water partition coefficient (Wildman–Crippen LogP) is 8.27. The van der Waals surface area contributed by atoms with Gasteiger partial charge >= 0.3 is 6.18 Å². The van der Waals surface area contributed by atoms with Crippen molar-refractivity contribution >= 4 is 28.7 Å². The second-order valence-corrected chi connectivity index (χ2v) is 13.1. The van der Waals surface area contributed by atoms with Crippen LogP contribution in [0.3, 0.4) is 0 Å². The van der Waals surface area contributed by atoms with Crippen molar-refractivity contribution in [3.8, 4) is 16.8 Å². The first-order valence-electron chi connectivity index (χ1n) is 15.8. The zero-order valence-corrected chi connectivity index (χ0v) is 26.8. The largest absolute Gasteiger partial charge is 0.405 e. The lowest BCUT2D eigenvalue weighted by Crippen LogP contribution is -2.37. The molecule has 0 saturated heterocycles. The molecule has 0 spiro atoms. The van der Waals surface area contributed by atoms with Crippen molar-refractivity contribution in [2.24, 2.45) is 0 Å². The second-order valence-electron chi connectivity index (χ2n) is 13.1. The van der Waals surface area contributed by atoms with Gasteiger partial charge in [-0.15, -0.1) is 0 Å². The van der Waals surface area contributed by atoms with Gasteiger partial charge in [-0.25, -0.2) is 4.98 Å². The Labute approximate surface area is 271 Å². The highest BCUT2D eigenvalue weighted by Gasteiger charge is 2.40. The minimum absolute atomic E-state index is 0.163. The molecule has 6 rings (SSSR count). The van der Waals surface area contributed by atoms with Gasteiger partial charge in [-0.3, -0.25) is 14.2 Å². The number of benzene rings is 4. The van der Waals surface area contributed by atoms with Gasteiger partial charge in [0.25, 0.3) is 0 Å². The summed E-state index contributed by atoms with van der Waals surface area (Å²) >= 11 is 0. The Morgan fingerprint density at radius 1 is 0.915 bits per heavy atom. The van der Waals surface area contributed by atoms with Gasteiger partial charge in [0.2, 0.25) is 11.9 Å². The summed E-state index contributed by atoms with van der Waals surface area (Å²) in [6.45, 7) is 6.75. The van der Waals surface area contributed by atoms with Crippen molar-refractivity contribution < 1.29 is 22.8 Å². The zero-order valence-electron chi connectivity index (χ0n) is 26.8. The Balaban J connectivity index is 1.72. The number of unbranched alkanes of at least 4 members (excludes halogenated alkanes) is 1. The summed E-state index contributed by atoms with van der Waals surface area (Å²) in [7, 11) is 0. The molecule has 47 heavy (non-hydrogen) atoms. The van der Waals surface area contributed by atoms with Crippen LogP contribution in [0.25, 0.3) is 27.8 Å². The van der Waals surface area contributed by atoms with E-state index in [0.29, 0.717) is 68.5 Å². The first kappa shape index (κ1) is 32.0. The minimum Gasteiger partial charge on any atom is -0.369 e. The lowest BCUT2D eigenvalue weighted by molar-refractivity contribution is -0.138. The van der Waals surface area contributed by atoms with Gasteiger partial charge < -0.3 is 11.1 Å².